The molecule has 0 saturated heterocycles. The Morgan fingerprint density at radius 1 is 0.810 bits per heavy atom. The predicted octanol–water partition coefficient (Wildman–Crippen LogP) is 3.97. The molecule has 0 fully saturated rings. The van der Waals surface area contributed by atoms with Crippen LogP contribution in [0.1, 0.15) is 103 Å². The topological polar surface area (TPSA) is 60.4 Å². The average molecular weight is 299 g/mol. The van der Waals surface area contributed by atoms with Gasteiger partial charge in [0, 0.05) is 5.97 Å². The molecule has 0 amide bonds. The van der Waals surface area contributed by atoms with Gasteiger partial charge in [0.15, 0.2) is 0 Å². The number of rotatable bonds is 16. The molecule has 0 aromatic heterocycles. The smallest absolute Gasteiger partial charge is 0.0540 e. The number of carboxylic acids is 1. The molecule has 1 atom stereocenters. The van der Waals surface area contributed by atoms with E-state index < -0.39 is 5.97 Å². The fourth-order valence-electron chi connectivity index (χ4n) is 2.67. The number of hydrogen-bond acceptors (Lipinski definition) is 3. The van der Waals surface area contributed by atoms with Gasteiger partial charge in [0.2, 0.25) is 0 Å². The maximum absolute atomic E-state index is 10.2. The molecule has 0 rings (SSSR count). The van der Waals surface area contributed by atoms with E-state index in [0.29, 0.717) is 12.8 Å². The highest BCUT2D eigenvalue weighted by Crippen LogP contribution is 2.14. The van der Waals surface area contributed by atoms with Crippen LogP contribution >= 0.6 is 0 Å². The van der Waals surface area contributed by atoms with Crippen molar-refractivity contribution in [3.63, 3.8) is 0 Å². The molecule has 0 bridgehead atoms. The number of carboxylic acid groups (broad SMARTS) is 1. The van der Waals surface area contributed by atoms with E-state index in [1.165, 1.54) is 64.2 Å². The van der Waals surface area contributed by atoms with E-state index in [1.807, 2.05) is 0 Å². The Hall–Kier alpha value is -0.570. The van der Waals surface area contributed by atoms with Gasteiger partial charge in [0.25, 0.3) is 0 Å². The molecule has 0 aromatic rings. The first kappa shape index (κ1) is 20.4. The number of aliphatic hydroxyl groups excluding tert-OH is 1. The molecular weight excluding hydrogens is 264 g/mol. The molecular formula is C18H35O3-. The van der Waals surface area contributed by atoms with Gasteiger partial charge in [-0.1, -0.05) is 77.6 Å². The molecule has 0 radical (unpaired) electrons. The van der Waals surface area contributed by atoms with Gasteiger partial charge in [0.1, 0.15) is 0 Å². The summed E-state index contributed by atoms with van der Waals surface area (Å²) in [5.74, 6) is -1.02. The van der Waals surface area contributed by atoms with E-state index in [9.17, 15) is 15.0 Å². The minimum absolute atomic E-state index is 0.0648. The predicted molar refractivity (Wildman–Crippen MR) is 85.9 cm³/mol. The zero-order chi connectivity index (χ0) is 15.8. The van der Waals surface area contributed by atoms with Crippen molar-refractivity contribution in [2.24, 2.45) is 0 Å². The van der Waals surface area contributed by atoms with Gasteiger partial charge in [-0.2, -0.15) is 0 Å². The Labute approximate surface area is 131 Å². The van der Waals surface area contributed by atoms with Crippen LogP contribution in [0.2, 0.25) is 0 Å². The van der Waals surface area contributed by atoms with E-state index in [2.05, 4.69) is 6.92 Å². The molecule has 0 spiro atoms. The molecule has 1 N–H and O–H groups in total. The third-order valence-corrected chi connectivity index (χ3v) is 4.06. The van der Waals surface area contributed by atoms with E-state index in [4.69, 9.17) is 0 Å². The second-order valence-corrected chi connectivity index (χ2v) is 6.24. The van der Waals surface area contributed by atoms with Crippen molar-refractivity contribution < 1.29 is 15.0 Å². The summed E-state index contributed by atoms with van der Waals surface area (Å²) in [6, 6.07) is 0. The van der Waals surface area contributed by atoms with Crippen LogP contribution < -0.4 is 5.11 Å². The Kier molecular flexibility index (Phi) is 15.4. The fourth-order valence-corrected chi connectivity index (χ4v) is 2.67. The molecule has 3 nitrogen and oxygen atoms in total. The highest BCUT2D eigenvalue weighted by Gasteiger charge is 2.03. The van der Waals surface area contributed by atoms with Crippen LogP contribution in [0.15, 0.2) is 0 Å². The van der Waals surface area contributed by atoms with Crippen molar-refractivity contribution in [1.82, 2.24) is 0 Å². The lowest BCUT2D eigenvalue weighted by molar-refractivity contribution is -0.305. The summed E-state index contributed by atoms with van der Waals surface area (Å²) in [5.41, 5.74) is 0. The number of aliphatic carboxylic acids is 1. The molecule has 1 unspecified atom stereocenters. The highest BCUT2D eigenvalue weighted by atomic mass is 16.4. The van der Waals surface area contributed by atoms with E-state index >= 15 is 0 Å². The first-order valence-electron chi connectivity index (χ1n) is 9.04. The molecule has 0 aliphatic rings. The lowest BCUT2D eigenvalue weighted by Crippen LogP contribution is -2.22. The maximum atomic E-state index is 10.2. The van der Waals surface area contributed by atoms with E-state index in [0.717, 1.165) is 12.8 Å². The average Bonchev–Trinajstić information content (AvgIpc) is 2.44. The van der Waals surface area contributed by atoms with Crippen molar-refractivity contribution in [2.75, 3.05) is 0 Å². The Morgan fingerprint density at radius 2 is 1.24 bits per heavy atom. The standard InChI is InChI=1S/C18H36O3/c1-2-3-4-5-6-7-8-9-10-11-12-14-17(19)15-13-16-18(20)21/h17,19H,2-16H2,1H3,(H,20,21)/p-1. The Bertz CT molecular complexity index is 229. The maximum Gasteiger partial charge on any atom is 0.0540 e. The summed E-state index contributed by atoms with van der Waals surface area (Å²) in [6.07, 6.45) is 16.1. The zero-order valence-corrected chi connectivity index (χ0v) is 13.9. The Balaban J connectivity index is 3.12. The monoisotopic (exact) mass is 299 g/mol. The van der Waals surface area contributed by atoms with E-state index in [1.54, 1.807) is 0 Å². The minimum atomic E-state index is -1.02. The molecule has 0 aromatic carbocycles. The highest BCUT2D eigenvalue weighted by molar-refractivity contribution is 5.64. The van der Waals surface area contributed by atoms with Gasteiger partial charge < -0.3 is 15.0 Å². The van der Waals surface area contributed by atoms with Crippen molar-refractivity contribution in [1.29, 1.82) is 0 Å². The zero-order valence-electron chi connectivity index (χ0n) is 13.9. The van der Waals surface area contributed by atoms with Crippen molar-refractivity contribution in [3.05, 3.63) is 0 Å². The molecule has 0 aliphatic carbocycles. The van der Waals surface area contributed by atoms with Gasteiger partial charge in [-0.05, 0) is 25.7 Å². The summed E-state index contributed by atoms with van der Waals surface area (Å²) < 4.78 is 0. The van der Waals surface area contributed by atoms with Crippen molar-refractivity contribution in [3.8, 4) is 0 Å². The minimum Gasteiger partial charge on any atom is -0.550 e. The molecule has 126 valence electrons. The largest absolute Gasteiger partial charge is 0.550 e. The first-order chi connectivity index (χ1) is 10.2. The molecule has 3 heteroatoms. The quantitative estimate of drug-likeness (QED) is 0.439. The Morgan fingerprint density at radius 3 is 1.71 bits per heavy atom. The summed E-state index contributed by atoms with van der Waals surface area (Å²) in [5, 5.41) is 19.9. The molecule has 0 saturated carbocycles. The van der Waals surface area contributed by atoms with E-state index in [-0.39, 0.29) is 12.5 Å². The first-order valence-corrected chi connectivity index (χ1v) is 9.04. The number of aliphatic hydroxyl groups is 1. The number of hydrogen-bond donors (Lipinski definition) is 1. The van der Waals surface area contributed by atoms with Gasteiger partial charge >= 0.3 is 0 Å². The lowest BCUT2D eigenvalue weighted by atomic mass is 10.0. The molecule has 0 aliphatic heterocycles. The van der Waals surface area contributed by atoms with Crippen LogP contribution in [0.25, 0.3) is 0 Å². The normalized spacial score (nSPS) is 12.5. The van der Waals surface area contributed by atoms with Crippen LogP contribution in [0.3, 0.4) is 0 Å². The van der Waals surface area contributed by atoms with Crippen LogP contribution in [0.4, 0.5) is 0 Å². The lowest BCUT2D eigenvalue weighted by Gasteiger charge is -2.10. The van der Waals surface area contributed by atoms with Crippen LogP contribution in [0.5, 0.6) is 0 Å². The van der Waals surface area contributed by atoms with Gasteiger partial charge in [-0.25, -0.2) is 0 Å². The summed E-state index contributed by atoms with van der Waals surface area (Å²) in [7, 11) is 0. The number of carbonyl (C=O) groups is 1. The van der Waals surface area contributed by atoms with Crippen molar-refractivity contribution in [2.45, 2.75) is 109 Å². The number of carbonyl (C=O) groups excluding carboxylic acids is 1. The molecule has 21 heavy (non-hydrogen) atoms. The third-order valence-electron chi connectivity index (χ3n) is 4.06. The summed E-state index contributed by atoms with van der Waals surface area (Å²) in [6.45, 7) is 2.25. The van der Waals surface area contributed by atoms with Crippen LogP contribution in [-0.4, -0.2) is 17.2 Å². The summed E-state index contributed by atoms with van der Waals surface area (Å²) in [4.78, 5) is 10.2. The van der Waals surface area contributed by atoms with Gasteiger partial charge in [0.05, 0.1) is 6.10 Å². The second-order valence-electron chi connectivity index (χ2n) is 6.24. The molecule has 0 heterocycles. The van der Waals surface area contributed by atoms with Crippen LogP contribution in [0, 0.1) is 0 Å². The van der Waals surface area contributed by atoms with Crippen molar-refractivity contribution >= 4 is 5.97 Å². The number of unbranched alkanes of at least 4 members (excludes halogenated alkanes) is 10. The van der Waals surface area contributed by atoms with Crippen LogP contribution in [-0.2, 0) is 4.79 Å². The SMILES string of the molecule is CCCCCCCCCCCCCC(O)CCCC(=O)[O-]. The van der Waals surface area contributed by atoms with Gasteiger partial charge in [-0.15, -0.1) is 0 Å². The second kappa shape index (κ2) is 15.8. The third kappa shape index (κ3) is 17.4. The fraction of sp³-hybridized carbons (Fsp3) is 0.944. The summed E-state index contributed by atoms with van der Waals surface area (Å²) >= 11 is 0. The van der Waals surface area contributed by atoms with Gasteiger partial charge in [-0.3, -0.25) is 0 Å².